The number of fused-ring (bicyclic) bond motifs is 1. The fourth-order valence-electron chi connectivity index (χ4n) is 3.95. The molecule has 0 unspecified atom stereocenters. The molecular formula is C19H25N3O5S. The van der Waals surface area contributed by atoms with Gasteiger partial charge in [-0.3, -0.25) is 19.4 Å². The van der Waals surface area contributed by atoms with Gasteiger partial charge in [-0.25, -0.2) is 8.42 Å². The molecule has 4 rings (SSSR count). The first kappa shape index (κ1) is 19.5. The first-order chi connectivity index (χ1) is 13.5. The van der Waals surface area contributed by atoms with Crippen molar-refractivity contribution in [2.45, 2.75) is 30.6 Å². The first-order valence-electron chi connectivity index (χ1n) is 9.79. The Morgan fingerprint density at radius 1 is 0.929 bits per heavy atom. The molecule has 8 nitrogen and oxygen atoms in total. The second kappa shape index (κ2) is 7.90. The minimum absolute atomic E-state index is 0.0857. The van der Waals surface area contributed by atoms with Crippen molar-refractivity contribution in [1.82, 2.24) is 9.21 Å². The molecule has 0 spiro atoms. The molecule has 3 aliphatic rings. The normalized spacial score (nSPS) is 22.4. The second-order valence-corrected chi connectivity index (χ2v) is 9.37. The summed E-state index contributed by atoms with van der Waals surface area (Å²) in [5.74, 6) is -1.25. The monoisotopic (exact) mass is 407 g/mol. The minimum Gasteiger partial charge on any atom is -0.379 e. The molecule has 3 aliphatic heterocycles. The van der Waals surface area contributed by atoms with Crippen molar-refractivity contribution in [2.24, 2.45) is 0 Å². The van der Waals surface area contributed by atoms with Crippen LogP contribution in [0.15, 0.2) is 23.1 Å². The van der Waals surface area contributed by atoms with Crippen LogP contribution in [0.2, 0.25) is 0 Å². The predicted molar refractivity (Wildman–Crippen MR) is 103 cm³/mol. The molecule has 0 saturated carbocycles. The highest BCUT2D eigenvalue weighted by atomic mass is 32.2. The van der Waals surface area contributed by atoms with Gasteiger partial charge in [-0.15, -0.1) is 0 Å². The number of amides is 1. The quantitative estimate of drug-likeness (QED) is 0.694. The van der Waals surface area contributed by atoms with E-state index in [4.69, 9.17) is 4.74 Å². The largest absolute Gasteiger partial charge is 0.379 e. The summed E-state index contributed by atoms with van der Waals surface area (Å²) in [6.07, 6.45) is 3.74. The summed E-state index contributed by atoms with van der Waals surface area (Å²) >= 11 is 0. The van der Waals surface area contributed by atoms with Gasteiger partial charge < -0.3 is 4.74 Å². The Balaban J connectivity index is 1.61. The fraction of sp³-hybridized carbons (Fsp3) is 0.579. The van der Waals surface area contributed by atoms with Gasteiger partial charge >= 0.3 is 5.91 Å². The molecule has 0 atom stereocenters. The van der Waals surface area contributed by atoms with Gasteiger partial charge in [0.1, 0.15) is 0 Å². The van der Waals surface area contributed by atoms with E-state index in [1.54, 1.807) is 6.07 Å². The van der Waals surface area contributed by atoms with Crippen molar-refractivity contribution in [3.8, 4) is 0 Å². The van der Waals surface area contributed by atoms with Gasteiger partial charge in [0.15, 0.2) is 0 Å². The highest BCUT2D eigenvalue weighted by molar-refractivity contribution is 7.89. The number of hydrogen-bond acceptors (Lipinski definition) is 6. The van der Waals surface area contributed by atoms with Gasteiger partial charge in [0.2, 0.25) is 10.0 Å². The summed E-state index contributed by atoms with van der Waals surface area (Å²) in [6.45, 7) is 3.86. The molecule has 2 fully saturated rings. The van der Waals surface area contributed by atoms with Gasteiger partial charge in [0.05, 0.1) is 36.0 Å². The smallest absolute Gasteiger partial charge is 0.300 e. The van der Waals surface area contributed by atoms with E-state index in [9.17, 15) is 18.0 Å². The lowest BCUT2D eigenvalue weighted by atomic mass is 10.1. The number of ether oxygens (including phenoxy) is 1. The molecule has 28 heavy (non-hydrogen) atoms. The first-order valence-corrected chi connectivity index (χ1v) is 11.2. The number of anilines is 1. The van der Waals surface area contributed by atoms with Gasteiger partial charge in [0, 0.05) is 26.2 Å². The lowest BCUT2D eigenvalue weighted by molar-refractivity contribution is -0.114. The Kier molecular flexibility index (Phi) is 5.50. The minimum atomic E-state index is -3.67. The Bertz CT molecular complexity index is 872. The molecule has 0 bridgehead atoms. The van der Waals surface area contributed by atoms with Crippen molar-refractivity contribution in [2.75, 3.05) is 51.0 Å². The standard InChI is InChI=1S/C19H25N3O5S/c23-18-16-13-15(28(25,26)21-7-3-1-2-4-8-21)5-6-17(16)22(19(18)24)14-20-9-11-27-12-10-20/h5-6,13H,1-4,7-12,14H2. The van der Waals surface area contributed by atoms with E-state index >= 15 is 0 Å². The van der Waals surface area contributed by atoms with Crippen LogP contribution in [0.25, 0.3) is 0 Å². The summed E-state index contributed by atoms with van der Waals surface area (Å²) < 4.78 is 32.9. The number of Topliss-reactive ketones (excluding diaryl/α,β-unsaturated/α-hetero) is 1. The lowest BCUT2D eigenvalue weighted by Gasteiger charge is -2.30. The Hall–Kier alpha value is -1.81. The molecule has 9 heteroatoms. The number of carbonyl (C=O) groups is 2. The van der Waals surface area contributed by atoms with Crippen molar-refractivity contribution in [1.29, 1.82) is 0 Å². The lowest BCUT2D eigenvalue weighted by Crippen LogP contribution is -2.45. The molecule has 1 amide bonds. The Labute approximate surface area is 165 Å². The maximum absolute atomic E-state index is 13.0. The third kappa shape index (κ3) is 3.59. The maximum Gasteiger partial charge on any atom is 0.300 e. The SMILES string of the molecule is O=C1C(=O)N(CN2CCOCC2)c2ccc(S(=O)(=O)N3CCCCCC3)cc21. The molecule has 0 radical (unpaired) electrons. The average Bonchev–Trinajstić information content (AvgIpc) is 2.92. The van der Waals surface area contributed by atoms with Crippen LogP contribution in [0, 0.1) is 0 Å². The highest BCUT2D eigenvalue weighted by Crippen LogP contribution is 2.32. The number of carbonyl (C=O) groups excluding carboxylic acids is 2. The van der Waals surface area contributed by atoms with Gasteiger partial charge in [-0.1, -0.05) is 12.8 Å². The molecule has 152 valence electrons. The van der Waals surface area contributed by atoms with Crippen LogP contribution in [0.5, 0.6) is 0 Å². The van der Waals surface area contributed by atoms with E-state index in [1.807, 2.05) is 4.90 Å². The van der Waals surface area contributed by atoms with Crippen LogP contribution < -0.4 is 4.90 Å². The summed E-state index contributed by atoms with van der Waals surface area (Å²) in [5, 5.41) is 0. The summed E-state index contributed by atoms with van der Waals surface area (Å²) in [7, 11) is -3.67. The molecule has 1 aromatic rings. The van der Waals surface area contributed by atoms with E-state index in [1.165, 1.54) is 21.3 Å². The number of rotatable bonds is 4. The second-order valence-electron chi connectivity index (χ2n) is 7.43. The van der Waals surface area contributed by atoms with Crippen molar-refractivity contribution in [3.63, 3.8) is 0 Å². The number of benzene rings is 1. The number of sulfonamides is 1. The zero-order valence-electron chi connectivity index (χ0n) is 15.8. The fourth-order valence-corrected chi connectivity index (χ4v) is 5.50. The van der Waals surface area contributed by atoms with E-state index in [0.29, 0.717) is 51.7 Å². The zero-order valence-corrected chi connectivity index (χ0v) is 16.6. The Morgan fingerprint density at radius 3 is 2.29 bits per heavy atom. The topological polar surface area (TPSA) is 87.2 Å². The molecule has 2 saturated heterocycles. The zero-order chi connectivity index (χ0) is 19.7. The van der Waals surface area contributed by atoms with Crippen LogP contribution in [-0.4, -0.2) is 75.4 Å². The number of hydrogen-bond donors (Lipinski definition) is 0. The van der Waals surface area contributed by atoms with E-state index < -0.39 is 21.7 Å². The Morgan fingerprint density at radius 2 is 1.61 bits per heavy atom. The van der Waals surface area contributed by atoms with Gasteiger partial charge in [-0.2, -0.15) is 4.31 Å². The number of ketones is 1. The number of nitrogens with zero attached hydrogens (tertiary/aromatic N) is 3. The highest BCUT2D eigenvalue weighted by Gasteiger charge is 2.38. The molecular weight excluding hydrogens is 382 g/mol. The van der Waals surface area contributed by atoms with Crippen molar-refractivity contribution >= 4 is 27.4 Å². The van der Waals surface area contributed by atoms with Gasteiger partial charge in [-0.05, 0) is 31.0 Å². The van der Waals surface area contributed by atoms with Crippen LogP contribution in [0.1, 0.15) is 36.0 Å². The van der Waals surface area contributed by atoms with Crippen LogP contribution in [0.4, 0.5) is 5.69 Å². The van der Waals surface area contributed by atoms with Crippen LogP contribution >= 0.6 is 0 Å². The van der Waals surface area contributed by atoms with Gasteiger partial charge in [0.25, 0.3) is 5.78 Å². The third-order valence-electron chi connectivity index (χ3n) is 5.59. The summed E-state index contributed by atoms with van der Waals surface area (Å²) in [5.41, 5.74) is 0.658. The van der Waals surface area contributed by atoms with E-state index in [2.05, 4.69) is 0 Å². The van der Waals surface area contributed by atoms with Crippen LogP contribution in [-0.2, 0) is 19.6 Å². The predicted octanol–water partition coefficient (Wildman–Crippen LogP) is 1.07. The van der Waals surface area contributed by atoms with Crippen molar-refractivity contribution in [3.05, 3.63) is 23.8 Å². The molecule has 1 aromatic carbocycles. The number of morpholine rings is 1. The third-order valence-corrected chi connectivity index (χ3v) is 7.49. The van der Waals surface area contributed by atoms with E-state index in [-0.39, 0.29) is 10.5 Å². The molecule has 0 aliphatic carbocycles. The maximum atomic E-state index is 13.0. The average molecular weight is 407 g/mol. The molecule has 0 aromatic heterocycles. The van der Waals surface area contributed by atoms with E-state index in [0.717, 1.165) is 25.7 Å². The molecule has 0 N–H and O–H groups in total. The molecule has 3 heterocycles. The summed E-state index contributed by atoms with van der Waals surface area (Å²) in [4.78, 5) is 28.6. The summed E-state index contributed by atoms with van der Waals surface area (Å²) in [6, 6.07) is 4.47. The van der Waals surface area contributed by atoms with Crippen molar-refractivity contribution < 1.29 is 22.7 Å². The van der Waals surface area contributed by atoms with Crippen LogP contribution in [0.3, 0.4) is 0 Å².